The molecule has 0 bridgehead atoms. The molecule has 4 nitrogen and oxygen atoms in total. The summed E-state index contributed by atoms with van der Waals surface area (Å²) in [6.07, 6.45) is 1.97. The van der Waals surface area contributed by atoms with E-state index in [1.807, 2.05) is 0 Å². The van der Waals surface area contributed by atoms with Gasteiger partial charge in [-0.15, -0.1) is 0 Å². The Balaban J connectivity index is 1.67. The van der Waals surface area contributed by atoms with Gasteiger partial charge in [-0.2, -0.15) is 18.2 Å². The average Bonchev–Trinajstić information content (AvgIpc) is 3.59. The fourth-order valence-electron chi connectivity index (χ4n) is 4.19. The van der Waals surface area contributed by atoms with Gasteiger partial charge < -0.3 is 4.74 Å². The molecule has 0 amide bonds. The second kappa shape index (κ2) is 6.62. The van der Waals surface area contributed by atoms with Crippen molar-refractivity contribution in [3.63, 3.8) is 0 Å². The van der Waals surface area contributed by atoms with E-state index < -0.39 is 11.7 Å². The first-order valence-corrected chi connectivity index (χ1v) is 10.0. The van der Waals surface area contributed by atoms with Crippen molar-refractivity contribution in [2.45, 2.75) is 37.9 Å². The Bertz CT molecular complexity index is 1070. The van der Waals surface area contributed by atoms with Crippen LogP contribution < -0.4 is 4.74 Å². The van der Waals surface area contributed by atoms with Crippen LogP contribution in [-0.4, -0.2) is 21.6 Å². The molecule has 2 fully saturated rings. The molecule has 5 rings (SSSR count). The minimum Gasteiger partial charge on any atom is -0.468 e. The van der Waals surface area contributed by atoms with Gasteiger partial charge in [0.2, 0.25) is 0 Å². The third-order valence-corrected chi connectivity index (χ3v) is 6.14. The highest BCUT2D eigenvalue weighted by Gasteiger charge is 2.44. The van der Waals surface area contributed by atoms with E-state index in [9.17, 15) is 13.2 Å². The van der Waals surface area contributed by atoms with Crippen molar-refractivity contribution in [3.8, 4) is 17.1 Å². The van der Waals surface area contributed by atoms with Crippen molar-refractivity contribution in [2.24, 2.45) is 11.8 Å². The molecular formula is C21H19ClF3N3O. The Morgan fingerprint density at radius 3 is 2.34 bits per heavy atom. The van der Waals surface area contributed by atoms with Gasteiger partial charge in [0.1, 0.15) is 5.52 Å². The number of rotatable bonds is 5. The second-order valence-electron chi connectivity index (χ2n) is 7.86. The van der Waals surface area contributed by atoms with Gasteiger partial charge in [-0.25, -0.2) is 4.98 Å². The number of ether oxygens (including phenoxy) is 1. The maximum Gasteiger partial charge on any atom is 0.416 e. The van der Waals surface area contributed by atoms with Gasteiger partial charge in [0.25, 0.3) is 6.01 Å². The van der Waals surface area contributed by atoms with E-state index in [1.165, 1.54) is 31.7 Å². The molecule has 2 aliphatic rings. The first-order chi connectivity index (χ1) is 13.9. The SMILES string of the molecule is COc1nc2c(-c3ccc(C(F)(F)F)cc3Cl)ccnc2n1C(C1CC1)C1CC1. The topological polar surface area (TPSA) is 39.9 Å². The van der Waals surface area contributed by atoms with Crippen LogP contribution in [0.5, 0.6) is 6.01 Å². The summed E-state index contributed by atoms with van der Waals surface area (Å²) in [6, 6.07) is 5.92. The molecule has 2 aliphatic carbocycles. The molecule has 0 spiro atoms. The zero-order chi connectivity index (χ0) is 20.3. The molecule has 0 unspecified atom stereocenters. The van der Waals surface area contributed by atoms with Crippen LogP contribution in [0.1, 0.15) is 37.3 Å². The van der Waals surface area contributed by atoms with Gasteiger partial charge in [0.05, 0.1) is 12.7 Å². The van der Waals surface area contributed by atoms with E-state index in [1.54, 1.807) is 19.4 Å². The highest BCUT2D eigenvalue weighted by atomic mass is 35.5. The molecule has 3 aromatic rings. The number of nitrogens with zero attached hydrogens (tertiary/aromatic N) is 3. The first-order valence-electron chi connectivity index (χ1n) is 9.66. The number of benzene rings is 1. The van der Waals surface area contributed by atoms with Crippen LogP contribution in [0.15, 0.2) is 30.5 Å². The molecule has 1 aromatic carbocycles. The molecule has 2 saturated carbocycles. The lowest BCUT2D eigenvalue weighted by Gasteiger charge is -2.19. The number of halogens is 4. The van der Waals surface area contributed by atoms with Crippen molar-refractivity contribution in [1.29, 1.82) is 0 Å². The number of methoxy groups -OCH3 is 1. The van der Waals surface area contributed by atoms with Gasteiger partial charge in [-0.3, -0.25) is 4.57 Å². The average molecular weight is 422 g/mol. The van der Waals surface area contributed by atoms with Gasteiger partial charge >= 0.3 is 6.18 Å². The molecule has 152 valence electrons. The van der Waals surface area contributed by atoms with E-state index in [0.29, 0.717) is 46.2 Å². The van der Waals surface area contributed by atoms with E-state index in [2.05, 4.69) is 14.5 Å². The van der Waals surface area contributed by atoms with Crippen molar-refractivity contribution < 1.29 is 17.9 Å². The number of fused-ring (bicyclic) bond motifs is 1. The summed E-state index contributed by atoms with van der Waals surface area (Å²) in [5.41, 5.74) is 1.66. The quantitative estimate of drug-likeness (QED) is 0.496. The zero-order valence-corrected chi connectivity index (χ0v) is 16.5. The van der Waals surface area contributed by atoms with Crippen molar-refractivity contribution in [3.05, 3.63) is 41.0 Å². The summed E-state index contributed by atoms with van der Waals surface area (Å²) in [5, 5.41) is 0.0294. The van der Waals surface area contributed by atoms with Crippen LogP contribution in [-0.2, 0) is 6.18 Å². The van der Waals surface area contributed by atoms with Crippen molar-refractivity contribution in [2.75, 3.05) is 7.11 Å². The van der Waals surface area contributed by atoms with Crippen LogP contribution in [0.3, 0.4) is 0 Å². The number of imidazole rings is 1. The Morgan fingerprint density at radius 1 is 1.10 bits per heavy atom. The molecule has 2 heterocycles. The largest absolute Gasteiger partial charge is 0.468 e. The standard InChI is InChI=1S/C21H19ClF3N3O/c1-29-20-27-17-15(14-7-6-13(10-16(14)22)21(23,24)25)8-9-26-19(17)28(20)18(11-2-3-11)12-4-5-12/h6-12,18H,2-5H2,1H3. The molecule has 0 atom stereocenters. The monoisotopic (exact) mass is 421 g/mol. The number of pyridine rings is 1. The van der Waals surface area contributed by atoms with Gasteiger partial charge in [0, 0.05) is 28.4 Å². The van der Waals surface area contributed by atoms with E-state index in [0.717, 1.165) is 12.1 Å². The second-order valence-corrected chi connectivity index (χ2v) is 8.26. The minimum atomic E-state index is -4.44. The van der Waals surface area contributed by atoms with Gasteiger partial charge in [-0.05, 0) is 55.7 Å². The van der Waals surface area contributed by atoms with Gasteiger partial charge in [0.15, 0.2) is 5.65 Å². The van der Waals surface area contributed by atoms with Crippen molar-refractivity contribution >= 4 is 22.8 Å². The Morgan fingerprint density at radius 2 is 1.79 bits per heavy atom. The molecular weight excluding hydrogens is 403 g/mol. The Hall–Kier alpha value is -2.28. The lowest BCUT2D eigenvalue weighted by atomic mass is 10.0. The van der Waals surface area contributed by atoms with Crippen LogP contribution in [0, 0.1) is 11.8 Å². The summed E-state index contributed by atoms with van der Waals surface area (Å²) in [7, 11) is 1.58. The highest BCUT2D eigenvalue weighted by molar-refractivity contribution is 6.33. The number of hydrogen-bond donors (Lipinski definition) is 0. The predicted octanol–water partition coefficient (Wildman–Crippen LogP) is 6.14. The number of hydrogen-bond acceptors (Lipinski definition) is 3. The third kappa shape index (κ3) is 3.25. The highest BCUT2D eigenvalue weighted by Crippen LogP contribution is 2.54. The third-order valence-electron chi connectivity index (χ3n) is 5.82. The summed E-state index contributed by atoms with van der Waals surface area (Å²) in [6.45, 7) is 0. The van der Waals surface area contributed by atoms with Crippen LogP contribution in [0.4, 0.5) is 13.2 Å². The number of aromatic nitrogens is 3. The Kier molecular flexibility index (Phi) is 4.28. The molecule has 0 radical (unpaired) electrons. The number of alkyl halides is 3. The molecule has 2 aromatic heterocycles. The van der Waals surface area contributed by atoms with E-state index >= 15 is 0 Å². The summed E-state index contributed by atoms with van der Waals surface area (Å²) >= 11 is 6.25. The smallest absolute Gasteiger partial charge is 0.416 e. The van der Waals surface area contributed by atoms with Crippen LogP contribution in [0.25, 0.3) is 22.3 Å². The van der Waals surface area contributed by atoms with E-state index in [4.69, 9.17) is 16.3 Å². The first kappa shape index (κ1) is 18.7. The van der Waals surface area contributed by atoms with Crippen LogP contribution >= 0.6 is 11.6 Å². The molecule has 29 heavy (non-hydrogen) atoms. The zero-order valence-electron chi connectivity index (χ0n) is 15.7. The van der Waals surface area contributed by atoms with Gasteiger partial charge in [-0.1, -0.05) is 17.7 Å². The lowest BCUT2D eigenvalue weighted by Crippen LogP contribution is -2.15. The molecule has 0 N–H and O–H groups in total. The fraction of sp³-hybridized carbons (Fsp3) is 0.429. The summed E-state index contributed by atoms with van der Waals surface area (Å²) in [5.74, 6) is 1.21. The normalized spacial score (nSPS) is 17.3. The van der Waals surface area contributed by atoms with E-state index in [-0.39, 0.29) is 5.02 Å². The molecule has 0 aliphatic heterocycles. The Labute approximate surface area is 170 Å². The summed E-state index contributed by atoms with van der Waals surface area (Å²) < 4.78 is 46.7. The van der Waals surface area contributed by atoms with Crippen LogP contribution in [0.2, 0.25) is 5.02 Å². The maximum absolute atomic E-state index is 13.0. The molecule has 0 saturated heterocycles. The fourth-order valence-corrected chi connectivity index (χ4v) is 4.47. The lowest BCUT2D eigenvalue weighted by molar-refractivity contribution is -0.137. The summed E-state index contributed by atoms with van der Waals surface area (Å²) in [4.78, 5) is 9.22. The van der Waals surface area contributed by atoms with Crippen molar-refractivity contribution in [1.82, 2.24) is 14.5 Å². The maximum atomic E-state index is 13.0. The predicted molar refractivity (Wildman–Crippen MR) is 104 cm³/mol. The molecule has 8 heteroatoms. The minimum absolute atomic E-state index is 0.0294.